The Balaban J connectivity index is 1.95. The van der Waals surface area contributed by atoms with Crippen LogP contribution in [0, 0.1) is 0 Å². The number of benzene rings is 1. The van der Waals surface area contributed by atoms with Crippen LogP contribution in [0.4, 0.5) is 0 Å². The highest BCUT2D eigenvalue weighted by Gasteiger charge is 2.22. The Kier molecular flexibility index (Phi) is 6.12. The van der Waals surface area contributed by atoms with Crippen LogP contribution < -0.4 is 5.56 Å². The number of hydrogen-bond donors (Lipinski definition) is 1. The van der Waals surface area contributed by atoms with Crippen molar-refractivity contribution in [2.75, 3.05) is 13.1 Å². The number of halogens is 1. The summed E-state index contributed by atoms with van der Waals surface area (Å²) < 4.78 is 1.51. The number of carbonyl (C=O) groups is 1. The van der Waals surface area contributed by atoms with Gasteiger partial charge in [0.05, 0.1) is 11.6 Å². The van der Waals surface area contributed by atoms with E-state index in [1.807, 2.05) is 24.3 Å². The van der Waals surface area contributed by atoms with Crippen molar-refractivity contribution in [3.8, 4) is 0 Å². The minimum atomic E-state index is -1.03. The predicted molar refractivity (Wildman–Crippen MR) is 102 cm³/mol. The standard InChI is InChI=1S/C20H23ClN2O3/c21-17-8-5-15(6-9-17)18(22-11-3-1-2-4-12-22)14-23-13-16(20(25)26)7-10-19(23)24/h5-10,13,18H,1-4,11-12,14H2,(H,25,26)/t18-/m0/s1. The molecule has 2 aromatic rings. The van der Waals surface area contributed by atoms with E-state index in [-0.39, 0.29) is 17.2 Å². The maximum absolute atomic E-state index is 12.3. The van der Waals surface area contributed by atoms with Gasteiger partial charge < -0.3 is 9.67 Å². The van der Waals surface area contributed by atoms with Crippen LogP contribution in [0.15, 0.2) is 47.4 Å². The normalized spacial score (nSPS) is 16.8. The van der Waals surface area contributed by atoms with Crippen LogP contribution in [0.25, 0.3) is 0 Å². The molecule has 0 unspecified atom stereocenters. The molecule has 1 aliphatic heterocycles. The average Bonchev–Trinajstić information content (AvgIpc) is 2.91. The quantitative estimate of drug-likeness (QED) is 0.864. The summed E-state index contributed by atoms with van der Waals surface area (Å²) in [4.78, 5) is 26.0. The lowest BCUT2D eigenvalue weighted by molar-refractivity contribution is 0.0695. The maximum atomic E-state index is 12.3. The van der Waals surface area contributed by atoms with Crippen LogP contribution in [-0.2, 0) is 6.54 Å². The van der Waals surface area contributed by atoms with Crippen molar-refractivity contribution in [2.24, 2.45) is 0 Å². The van der Waals surface area contributed by atoms with E-state index in [1.165, 1.54) is 35.7 Å². The molecule has 0 amide bonds. The number of aromatic nitrogens is 1. The summed E-state index contributed by atoms with van der Waals surface area (Å²) in [5, 5.41) is 9.90. The molecule has 1 aliphatic rings. The van der Waals surface area contributed by atoms with Crippen LogP contribution in [0.2, 0.25) is 5.02 Å². The largest absolute Gasteiger partial charge is 0.478 e. The monoisotopic (exact) mass is 374 g/mol. The van der Waals surface area contributed by atoms with Crippen molar-refractivity contribution in [1.82, 2.24) is 9.47 Å². The van der Waals surface area contributed by atoms with Gasteiger partial charge >= 0.3 is 5.97 Å². The van der Waals surface area contributed by atoms with Gasteiger partial charge in [0.25, 0.3) is 5.56 Å². The van der Waals surface area contributed by atoms with Gasteiger partial charge in [-0.3, -0.25) is 9.69 Å². The second-order valence-corrected chi connectivity index (χ2v) is 7.17. The molecule has 1 aromatic heterocycles. The molecular formula is C20H23ClN2O3. The molecule has 6 heteroatoms. The first kappa shape index (κ1) is 18.7. The van der Waals surface area contributed by atoms with Crippen LogP contribution in [0.5, 0.6) is 0 Å². The van der Waals surface area contributed by atoms with E-state index in [2.05, 4.69) is 4.90 Å². The van der Waals surface area contributed by atoms with E-state index in [4.69, 9.17) is 11.6 Å². The minimum absolute atomic E-state index is 0.00658. The number of pyridine rings is 1. The fourth-order valence-corrected chi connectivity index (χ4v) is 3.64. The third-order valence-electron chi connectivity index (χ3n) is 4.94. The molecule has 1 aromatic carbocycles. The Bertz CT molecular complexity index is 809. The van der Waals surface area contributed by atoms with E-state index in [1.54, 1.807) is 0 Å². The summed E-state index contributed by atoms with van der Waals surface area (Å²) in [5.74, 6) is -1.03. The first-order valence-corrected chi connectivity index (χ1v) is 9.36. The van der Waals surface area contributed by atoms with Crippen LogP contribution in [-0.4, -0.2) is 33.6 Å². The molecule has 0 aliphatic carbocycles. The SMILES string of the molecule is O=C(O)c1ccc(=O)n(C[C@@H](c2ccc(Cl)cc2)N2CCCCCC2)c1. The lowest BCUT2D eigenvalue weighted by Gasteiger charge is -2.31. The molecule has 1 fully saturated rings. The smallest absolute Gasteiger partial charge is 0.337 e. The zero-order valence-corrected chi connectivity index (χ0v) is 15.4. The van der Waals surface area contributed by atoms with Gasteiger partial charge in [-0.15, -0.1) is 0 Å². The maximum Gasteiger partial charge on any atom is 0.337 e. The van der Waals surface area contributed by atoms with Gasteiger partial charge in [0.15, 0.2) is 0 Å². The Morgan fingerprint density at radius 2 is 1.69 bits per heavy atom. The third-order valence-corrected chi connectivity index (χ3v) is 5.19. The van der Waals surface area contributed by atoms with Crippen LogP contribution >= 0.6 is 11.6 Å². The molecule has 0 bridgehead atoms. The number of likely N-dealkylation sites (tertiary alicyclic amines) is 1. The first-order chi connectivity index (χ1) is 12.5. The van der Waals surface area contributed by atoms with E-state index in [9.17, 15) is 14.7 Å². The molecule has 1 N–H and O–H groups in total. The number of rotatable bonds is 5. The number of nitrogens with zero attached hydrogens (tertiary/aromatic N) is 2. The van der Waals surface area contributed by atoms with Gasteiger partial charge in [0, 0.05) is 23.8 Å². The van der Waals surface area contributed by atoms with Crippen LogP contribution in [0.1, 0.15) is 47.6 Å². The molecule has 2 heterocycles. The highest BCUT2D eigenvalue weighted by Crippen LogP contribution is 2.27. The second kappa shape index (κ2) is 8.52. The summed E-state index contributed by atoms with van der Waals surface area (Å²) in [6.45, 7) is 2.36. The molecule has 1 atom stereocenters. The molecule has 3 rings (SSSR count). The Morgan fingerprint density at radius 1 is 1.04 bits per heavy atom. The lowest BCUT2D eigenvalue weighted by Crippen LogP contribution is -2.35. The molecule has 0 spiro atoms. The average molecular weight is 375 g/mol. The van der Waals surface area contributed by atoms with Crippen molar-refractivity contribution < 1.29 is 9.90 Å². The van der Waals surface area contributed by atoms with E-state index < -0.39 is 5.97 Å². The summed E-state index contributed by atoms with van der Waals surface area (Å²) in [5.41, 5.74) is 1.02. The second-order valence-electron chi connectivity index (χ2n) is 6.73. The molecule has 0 radical (unpaired) electrons. The first-order valence-electron chi connectivity index (χ1n) is 8.98. The molecule has 5 nitrogen and oxygen atoms in total. The van der Waals surface area contributed by atoms with Gasteiger partial charge in [-0.25, -0.2) is 4.79 Å². The van der Waals surface area contributed by atoms with Crippen molar-refractivity contribution >= 4 is 17.6 Å². The fourth-order valence-electron chi connectivity index (χ4n) is 3.51. The van der Waals surface area contributed by atoms with Crippen molar-refractivity contribution in [3.63, 3.8) is 0 Å². The summed E-state index contributed by atoms with van der Waals surface area (Å²) in [6, 6.07) is 10.4. The Hall–Kier alpha value is -2.11. The van der Waals surface area contributed by atoms with Crippen molar-refractivity contribution in [3.05, 3.63) is 69.1 Å². The fraction of sp³-hybridized carbons (Fsp3) is 0.400. The van der Waals surface area contributed by atoms with Crippen molar-refractivity contribution in [1.29, 1.82) is 0 Å². The lowest BCUT2D eigenvalue weighted by atomic mass is 10.0. The third kappa shape index (κ3) is 4.54. The molecular weight excluding hydrogens is 352 g/mol. The minimum Gasteiger partial charge on any atom is -0.478 e. The van der Waals surface area contributed by atoms with E-state index in [0.29, 0.717) is 11.6 Å². The van der Waals surface area contributed by atoms with Gasteiger partial charge in [-0.1, -0.05) is 36.6 Å². The van der Waals surface area contributed by atoms with Gasteiger partial charge in [0.2, 0.25) is 0 Å². The topological polar surface area (TPSA) is 62.5 Å². The molecule has 0 saturated carbocycles. The number of aromatic carboxylic acids is 1. The zero-order valence-electron chi connectivity index (χ0n) is 14.6. The zero-order chi connectivity index (χ0) is 18.5. The van der Waals surface area contributed by atoms with Gasteiger partial charge in [-0.2, -0.15) is 0 Å². The number of carboxylic acid groups (broad SMARTS) is 1. The molecule has 138 valence electrons. The van der Waals surface area contributed by atoms with E-state index >= 15 is 0 Å². The summed E-state index contributed by atoms with van der Waals surface area (Å²) in [7, 11) is 0. The highest BCUT2D eigenvalue weighted by atomic mass is 35.5. The Morgan fingerprint density at radius 3 is 2.31 bits per heavy atom. The highest BCUT2D eigenvalue weighted by molar-refractivity contribution is 6.30. The van der Waals surface area contributed by atoms with Crippen molar-refractivity contribution in [2.45, 2.75) is 38.3 Å². The number of carboxylic acids is 1. The summed E-state index contributed by atoms with van der Waals surface area (Å²) in [6.07, 6.45) is 6.14. The van der Waals surface area contributed by atoms with Gasteiger partial charge in [-0.05, 0) is 49.7 Å². The number of hydrogen-bond acceptors (Lipinski definition) is 3. The molecule has 26 heavy (non-hydrogen) atoms. The summed E-state index contributed by atoms with van der Waals surface area (Å²) >= 11 is 6.04. The van der Waals surface area contributed by atoms with Crippen LogP contribution in [0.3, 0.4) is 0 Å². The predicted octanol–water partition coefficient (Wildman–Crippen LogP) is 3.82. The van der Waals surface area contributed by atoms with Gasteiger partial charge in [0.1, 0.15) is 0 Å². The van der Waals surface area contributed by atoms with E-state index in [0.717, 1.165) is 31.5 Å². The Labute approximate surface area is 157 Å². The molecule has 1 saturated heterocycles.